The Morgan fingerprint density at radius 3 is 2.47 bits per heavy atom. The molecule has 2 aliphatic carbocycles. The van der Waals surface area contributed by atoms with Crippen LogP contribution in [0.4, 0.5) is 22.0 Å². The van der Waals surface area contributed by atoms with Gasteiger partial charge in [0.1, 0.15) is 11.5 Å². The van der Waals surface area contributed by atoms with Gasteiger partial charge in [-0.15, -0.1) is 0 Å². The fourth-order valence-electron chi connectivity index (χ4n) is 4.90. The normalized spacial score (nSPS) is 20.9. The maximum absolute atomic E-state index is 14.3. The molecule has 2 aromatic carbocycles. The van der Waals surface area contributed by atoms with Gasteiger partial charge in [-0.25, -0.2) is 13.8 Å². The van der Waals surface area contributed by atoms with Crippen molar-refractivity contribution in [3.63, 3.8) is 0 Å². The zero-order valence-electron chi connectivity index (χ0n) is 18.5. The number of carbonyl (C=O) groups is 1. The van der Waals surface area contributed by atoms with Crippen molar-refractivity contribution >= 4 is 27.6 Å². The highest BCUT2D eigenvalue weighted by atomic mass is 19.4. The lowest BCUT2D eigenvalue weighted by atomic mass is 9.82. The molecule has 4 aromatic rings. The summed E-state index contributed by atoms with van der Waals surface area (Å²) >= 11 is 0. The molecule has 2 fully saturated rings. The van der Waals surface area contributed by atoms with Crippen molar-refractivity contribution in [2.45, 2.75) is 43.4 Å². The molecule has 0 bridgehead atoms. The number of fused-ring (bicyclic) bond motifs is 2. The van der Waals surface area contributed by atoms with Crippen LogP contribution in [0.15, 0.2) is 36.5 Å². The highest BCUT2D eigenvalue weighted by Gasteiger charge is 2.66. The third-order valence-electron chi connectivity index (χ3n) is 7.20. The Balaban J connectivity index is 1.63. The first-order valence-electron chi connectivity index (χ1n) is 11.3. The molecule has 2 heterocycles. The predicted molar refractivity (Wildman–Crippen MR) is 118 cm³/mol. The molecule has 0 atom stereocenters. The lowest BCUT2D eigenvalue weighted by Crippen LogP contribution is -2.38. The number of hydrogen-bond donors (Lipinski definition) is 2. The van der Waals surface area contributed by atoms with Crippen molar-refractivity contribution in [3.05, 3.63) is 53.9 Å². The highest BCUT2D eigenvalue weighted by molar-refractivity contribution is 6.07. The fraction of sp³-hybridized carbons (Fsp3) is 0.320. The number of pyridine rings is 1. The topological polar surface area (TPSA) is 88.1 Å². The van der Waals surface area contributed by atoms with E-state index in [1.54, 1.807) is 12.1 Å². The number of alkyl halides is 3. The van der Waals surface area contributed by atoms with Crippen LogP contribution in [0.1, 0.15) is 31.4 Å². The monoisotopic (exact) mass is 503 g/mol. The smallest absolute Gasteiger partial charge is 0.399 e. The summed E-state index contributed by atoms with van der Waals surface area (Å²) in [5.41, 5.74) is -1.90. The van der Waals surface area contributed by atoms with Gasteiger partial charge in [0, 0.05) is 16.3 Å². The maximum atomic E-state index is 14.3. The Hall–Kier alpha value is -3.76. The molecule has 0 aliphatic heterocycles. The van der Waals surface area contributed by atoms with E-state index in [1.807, 2.05) is 0 Å². The van der Waals surface area contributed by atoms with Crippen LogP contribution in [-0.4, -0.2) is 38.5 Å². The summed E-state index contributed by atoms with van der Waals surface area (Å²) in [6, 6.07) is 6.22. The summed E-state index contributed by atoms with van der Waals surface area (Å²) in [6.07, 6.45) is -3.66. The van der Waals surface area contributed by atoms with E-state index in [1.165, 1.54) is 12.3 Å². The Bertz CT molecular complexity index is 1540. The quantitative estimate of drug-likeness (QED) is 0.332. The lowest BCUT2D eigenvalue weighted by Gasteiger charge is -2.33. The molecule has 2 aliphatic rings. The Morgan fingerprint density at radius 2 is 1.83 bits per heavy atom. The second kappa shape index (κ2) is 7.62. The summed E-state index contributed by atoms with van der Waals surface area (Å²) in [4.78, 5) is 15.6. The van der Waals surface area contributed by atoms with Crippen molar-refractivity contribution in [3.8, 4) is 17.0 Å². The van der Waals surface area contributed by atoms with Crippen LogP contribution in [0, 0.1) is 17.6 Å². The summed E-state index contributed by atoms with van der Waals surface area (Å²) in [5.74, 6) is -3.93. The highest BCUT2D eigenvalue weighted by Crippen LogP contribution is 2.61. The molecule has 2 N–H and O–H groups in total. The van der Waals surface area contributed by atoms with Crippen LogP contribution in [0.2, 0.25) is 0 Å². The minimum atomic E-state index is -4.64. The van der Waals surface area contributed by atoms with E-state index in [0.29, 0.717) is 21.7 Å². The van der Waals surface area contributed by atoms with Gasteiger partial charge in [-0.05, 0) is 60.9 Å². The van der Waals surface area contributed by atoms with Gasteiger partial charge < -0.3 is 9.84 Å². The molecule has 186 valence electrons. The Morgan fingerprint density at radius 1 is 1.08 bits per heavy atom. The minimum absolute atomic E-state index is 0.0474. The van der Waals surface area contributed by atoms with E-state index < -0.39 is 41.2 Å². The van der Waals surface area contributed by atoms with Gasteiger partial charge in [-0.1, -0.05) is 6.07 Å². The largest absolute Gasteiger partial charge is 0.481 e. The SMILES string of the molecule is O=C(O)[C@H]1C[C@H](Oc2nc(C3(C(F)(F)F)CC3)c(-c3ccc(F)c(F)c3)c3cc4cn[nH]c4cc23)C1. The van der Waals surface area contributed by atoms with Crippen LogP contribution in [0.5, 0.6) is 5.88 Å². The van der Waals surface area contributed by atoms with Gasteiger partial charge in [-0.2, -0.15) is 18.3 Å². The number of hydrogen-bond acceptors (Lipinski definition) is 4. The lowest BCUT2D eigenvalue weighted by molar-refractivity contribution is -0.161. The molecule has 0 saturated heterocycles. The van der Waals surface area contributed by atoms with Gasteiger partial charge in [0.2, 0.25) is 5.88 Å². The second-order valence-electron chi connectivity index (χ2n) is 9.45. The standard InChI is InChI=1S/C25H18F5N3O3/c26-17-2-1-11(8-18(17)27)20-15-7-13-10-31-33-19(13)9-16(15)22(36-14-5-12(6-14)23(34)35)32-21(20)24(3-4-24)25(28,29)30/h1-2,7-10,12,14H,3-6H2,(H,31,33)(H,34,35)/t12-,14-. The van der Waals surface area contributed by atoms with E-state index >= 15 is 0 Å². The molecule has 0 amide bonds. The Kier molecular flexibility index (Phi) is 4.80. The van der Waals surface area contributed by atoms with Gasteiger partial charge in [0.25, 0.3) is 0 Å². The van der Waals surface area contributed by atoms with Crippen LogP contribution >= 0.6 is 0 Å². The number of H-pyrrole nitrogens is 1. The Labute approximate surface area is 200 Å². The third kappa shape index (κ3) is 3.40. The molecule has 2 saturated carbocycles. The van der Waals surface area contributed by atoms with Crippen molar-refractivity contribution < 1.29 is 36.6 Å². The first kappa shape index (κ1) is 22.7. The van der Waals surface area contributed by atoms with Crippen molar-refractivity contribution in [2.75, 3.05) is 0 Å². The third-order valence-corrected chi connectivity index (χ3v) is 7.20. The molecule has 6 rings (SSSR count). The van der Waals surface area contributed by atoms with Gasteiger partial charge in [-0.3, -0.25) is 9.89 Å². The molecule has 36 heavy (non-hydrogen) atoms. The first-order valence-corrected chi connectivity index (χ1v) is 11.3. The molecular weight excluding hydrogens is 485 g/mol. The van der Waals surface area contributed by atoms with Crippen LogP contribution < -0.4 is 4.74 Å². The molecule has 0 unspecified atom stereocenters. The number of rotatable bonds is 5. The van der Waals surface area contributed by atoms with E-state index in [9.17, 15) is 31.9 Å². The van der Waals surface area contributed by atoms with Crippen molar-refractivity contribution in [1.82, 2.24) is 15.2 Å². The molecule has 2 aromatic heterocycles. The number of ether oxygens (including phenoxy) is 1. The van der Waals surface area contributed by atoms with Gasteiger partial charge >= 0.3 is 12.1 Å². The predicted octanol–water partition coefficient (Wildman–Crippen LogP) is 5.89. The number of nitrogens with one attached hydrogen (secondary N) is 1. The molecule has 6 nitrogen and oxygen atoms in total. The number of aliphatic carboxylic acids is 1. The zero-order valence-corrected chi connectivity index (χ0v) is 18.5. The number of aromatic amines is 1. The number of aromatic nitrogens is 3. The summed E-state index contributed by atoms with van der Waals surface area (Å²) in [7, 11) is 0. The number of carboxylic acid groups (broad SMARTS) is 1. The number of halogens is 5. The first-order chi connectivity index (χ1) is 17.1. The second-order valence-corrected chi connectivity index (χ2v) is 9.45. The fourth-order valence-corrected chi connectivity index (χ4v) is 4.90. The summed E-state index contributed by atoms with van der Waals surface area (Å²) in [6.45, 7) is 0. The average Bonchev–Trinajstić information content (AvgIpc) is 3.49. The number of benzene rings is 2. The van der Waals surface area contributed by atoms with Gasteiger partial charge in [0.05, 0.1) is 23.3 Å². The van der Waals surface area contributed by atoms with E-state index in [-0.39, 0.29) is 48.4 Å². The van der Waals surface area contributed by atoms with Crippen LogP contribution in [0.3, 0.4) is 0 Å². The number of nitrogens with zero attached hydrogens (tertiary/aromatic N) is 2. The van der Waals surface area contributed by atoms with Gasteiger partial charge in [0.15, 0.2) is 11.6 Å². The molecule has 0 radical (unpaired) electrons. The van der Waals surface area contributed by atoms with Crippen molar-refractivity contribution in [2.24, 2.45) is 5.92 Å². The molecular formula is C25H18F5N3O3. The van der Waals surface area contributed by atoms with E-state index in [0.717, 1.165) is 12.1 Å². The molecule has 11 heteroatoms. The maximum Gasteiger partial charge on any atom is 0.399 e. The van der Waals surface area contributed by atoms with Crippen LogP contribution in [0.25, 0.3) is 32.8 Å². The van der Waals surface area contributed by atoms with E-state index in [4.69, 9.17) is 4.74 Å². The average molecular weight is 503 g/mol. The number of carboxylic acids is 1. The van der Waals surface area contributed by atoms with Crippen molar-refractivity contribution in [1.29, 1.82) is 0 Å². The zero-order chi connectivity index (χ0) is 25.4. The summed E-state index contributed by atoms with van der Waals surface area (Å²) < 4.78 is 77.0. The minimum Gasteiger partial charge on any atom is -0.481 e. The van der Waals surface area contributed by atoms with E-state index in [2.05, 4.69) is 15.2 Å². The summed E-state index contributed by atoms with van der Waals surface area (Å²) in [5, 5.41) is 17.2. The molecule has 0 spiro atoms. The van der Waals surface area contributed by atoms with Crippen LogP contribution in [-0.2, 0) is 10.2 Å².